The molecule has 0 atom stereocenters. The first kappa shape index (κ1) is 18.1. The van der Waals surface area contributed by atoms with E-state index in [1.165, 1.54) is 11.1 Å². The van der Waals surface area contributed by atoms with E-state index in [2.05, 4.69) is 30.4 Å². The first-order valence-electron chi connectivity index (χ1n) is 8.49. The molecule has 26 heavy (non-hydrogen) atoms. The van der Waals surface area contributed by atoms with E-state index in [-0.39, 0.29) is 0 Å². The fraction of sp³-hybridized carbons (Fsp3) is 0.263. The van der Waals surface area contributed by atoms with Crippen LogP contribution in [0.3, 0.4) is 0 Å². The molecule has 0 saturated heterocycles. The van der Waals surface area contributed by atoms with Crippen LogP contribution in [0.2, 0.25) is 5.02 Å². The maximum atomic E-state index is 5.90. The first-order valence-corrected chi connectivity index (χ1v) is 8.86. The average molecular weight is 369 g/mol. The zero-order valence-corrected chi connectivity index (χ0v) is 15.4. The van der Waals surface area contributed by atoms with Gasteiger partial charge in [-0.25, -0.2) is 0 Å². The molecular weight excluding hydrogens is 348 g/mol. The van der Waals surface area contributed by atoms with Gasteiger partial charge in [-0.2, -0.15) is 10.1 Å². The van der Waals surface area contributed by atoms with E-state index in [0.29, 0.717) is 5.95 Å². The van der Waals surface area contributed by atoms with Gasteiger partial charge in [-0.3, -0.25) is 4.98 Å². The molecule has 6 nitrogen and oxygen atoms in total. The molecule has 134 valence electrons. The Morgan fingerprint density at radius 2 is 1.73 bits per heavy atom. The third-order valence-corrected chi connectivity index (χ3v) is 4.28. The predicted octanol–water partition coefficient (Wildman–Crippen LogP) is 3.25. The second-order valence-electron chi connectivity index (χ2n) is 5.97. The largest absolute Gasteiger partial charge is 0.358 e. The summed E-state index contributed by atoms with van der Waals surface area (Å²) in [5.41, 5.74) is 2.45. The van der Waals surface area contributed by atoms with E-state index >= 15 is 0 Å². The van der Waals surface area contributed by atoms with Gasteiger partial charge in [0.1, 0.15) is 0 Å². The summed E-state index contributed by atoms with van der Waals surface area (Å²) >= 11 is 5.90. The van der Waals surface area contributed by atoms with Crippen LogP contribution in [-0.2, 0) is 12.8 Å². The molecule has 3 rings (SSSR count). The molecule has 1 N–H and O–H groups in total. The second kappa shape index (κ2) is 9.10. The van der Waals surface area contributed by atoms with Crippen LogP contribution >= 0.6 is 11.6 Å². The van der Waals surface area contributed by atoms with Gasteiger partial charge >= 0.3 is 0 Å². The monoisotopic (exact) mass is 368 g/mol. The molecule has 0 aliphatic rings. The van der Waals surface area contributed by atoms with Crippen molar-refractivity contribution in [2.24, 2.45) is 0 Å². The van der Waals surface area contributed by atoms with Crippen molar-refractivity contribution in [1.82, 2.24) is 20.2 Å². The summed E-state index contributed by atoms with van der Waals surface area (Å²) in [5, 5.41) is 12.1. The van der Waals surface area contributed by atoms with E-state index in [0.717, 1.165) is 36.8 Å². The third kappa shape index (κ3) is 5.39. The standard InChI is InChI=1S/C19H21ClN6/c1-26(13-9-16-6-10-21-11-7-16)18-14-23-25-19(24-18)22-12-8-15-2-4-17(20)5-3-15/h2-7,10-11,14H,8-9,12-13H2,1H3,(H,22,24,25). The van der Waals surface area contributed by atoms with Crippen molar-refractivity contribution in [3.8, 4) is 0 Å². The minimum Gasteiger partial charge on any atom is -0.358 e. The Hall–Kier alpha value is -2.73. The van der Waals surface area contributed by atoms with Gasteiger partial charge in [0, 0.05) is 37.6 Å². The Morgan fingerprint density at radius 1 is 1.00 bits per heavy atom. The Bertz CT molecular complexity index is 810. The number of hydrogen-bond acceptors (Lipinski definition) is 6. The van der Waals surface area contributed by atoms with Gasteiger partial charge < -0.3 is 10.2 Å². The number of likely N-dealkylation sites (N-methyl/N-ethyl adjacent to an activating group) is 1. The van der Waals surface area contributed by atoms with Crippen molar-refractivity contribution in [2.45, 2.75) is 12.8 Å². The van der Waals surface area contributed by atoms with Gasteiger partial charge in [0.25, 0.3) is 0 Å². The van der Waals surface area contributed by atoms with Crippen LogP contribution in [0.4, 0.5) is 11.8 Å². The summed E-state index contributed by atoms with van der Waals surface area (Å²) in [6.07, 6.45) is 7.08. The molecular formula is C19H21ClN6. The number of aromatic nitrogens is 4. The molecule has 0 aliphatic carbocycles. The maximum absolute atomic E-state index is 5.90. The number of hydrogen-bond donors (Lipinski definition) is 1. The van der Waals surface area contributed by atoms with Gasteiger partial charge in [0.05, 0.1) is 6.20 Å². The first-order chi connectivity index (χ1) is 12.7. The molecule has 1 aromatic carbocycles. The van der Waals surface area contributed by atoms with Crippen LogP contribution in [-0.4, -0.2) is 40.3 Å². The quantitative estimate of drug-likeness (QED) is 0.658. The van der Waals surface area contributed by atoms with Gasteiger partial charge in [-0.1, -0.05) is 23.7 Å². The third-order valence-electron chi connectivity index (χ3n) is 4.03. The molecule has 0 fully saturated rings. The summed E-state index contributed by atoms with van der Waals surface area (Å²) in [7, 11) is 2.00. The molecule has 0 saturated carbocycles. The van der Waals surface area contributed by atoms with E-state index in [1.54, 1.807) is 6.20 Å². The fourth-order valence-corrected chi connectivity index (χ4v) is 2.61. The zero-order chi connectivity index (χ0) is 18.2. The zero-order valence-electron chi connectivity index (χ0n) is 14.6. The lowest BCUT2D eigenvalue weighted by atomic mass is 10.1. The minimum absolute atomic E-state index is 0.534. The summed E-state index contributed by atoms with van der Waals surface area (Å²) < 4.78 is 0. The van der Waals surface area contributed by atoms with Crippen LogP contribution in [0.25, 0.3) is 0 Å². The smallest absolute Gasteiger partial charge is 0.244 e. The Kier molecular flexibility index (Phi) is 6.33. The number of benzene rings is 1. The van der Waals surface area contributed by atoms with Crippen molar-refractivity contribution in [1.29, 1.82) is 0 Å². The van der Waals surface area contributed by atoms with Crippen LogP contribution in [0.15, 0.2) is 55.0 Å². The Balaban J connectivity index is 1.51. The summed E-state index contributed by atoms with van der Waals surface area (Å²) in [4.78, 5) is 10.6. The highest BCUT2D eigenvalue weighted by molar-refractivity contribution is 6.30. The Morgan fingerprint density at radius 3 is 2.50 bits per heavy atom. The highest BCUT2D eigenvalue weighted by Crippen LogP contribution is 2.12. The fourth-order valence-electron chi connectivity index (χ4n) is 2.48. The molecule has 0 spiro atoms. The molecule has 3 aromatic rings. The molecule has 2 aromatic heterocycles. The van der Waals surface area contributed by atoms with Crippen LogP contribution in [0.1, 0.15) is 11.1 Å². The lowest BCUT2D eigenvalue weighted by Crippen LogP contribution is -2.22. The van der Waals surface area contributed by atoms with Crippen molar-refractivity contribution < 1.29 is 0 Å². The van der Waals surface area contributed by atoms with Crippen molar-refractivity contribution in [2.75, 3.05) is 30.4 Å². The number of rotatable bonds is 8. The lowest BCUT2D eigenvalue weighted by molar-refractivity contribution is 0.834. The lowest BCUT2D eigenvalue weighted by Gasteiger charge is -2.18. The molecule has 0 amide bonds. The normalized spacial score (nSPS) is 10.5. The van der Waals surface area contributed by atoms with Crippen molar-refractivity contribution >= 4 is 23.4 Å². The number of nitrogens with one attached hydrogen (secondary N) is 1. The van der Waals surface area contributed by atoms with E-state index in [1.807, 2.05) is 55.8 Å². The highest BCUT2D eigenvalue weighted by Gasteiger charge is 2.06. The molecule has 0 aliphatic heterocycles. The highest BCUT2D eigenvalue weighted by atomic mass is 35.5. The second-order valence-corrected chi connectivity index (χ2v) is 6.40. The van der Waals surface area contributed by atoms with Crippen LogP contribution < -0.4 is 10.2 Å². The average Bonchev–Trinajstić information content (AvgIpc) is 2.69. The van der Waals surface area contributed by atoms with Gasteiger partial charge in [0.2, 0.25) is 5.95 Å². The SMILES string of the molecule is CN(CCc1ccncc1)c1cnnc(NCCc2ccc(Cl)cc2)n1. The number of halogens is 1. The van der Waals surface area contributed by atoms with Gasteiger partial charge in [0.15, 0.2) is 5.82 Å². The summed E-state index contributed by atoms with van der Waals surface area (Å²) in [5.74, 6) is 1.33. The molecule has 0 bridgehead atoms. The number of nitrogens with zero attached hydrogens (tertiary/aromatic N) is 5. The van der Waals surface area contributed by atoms with Gasteiger partial charge in [-0.15, -0.1) is 5.10 Å². The topological polar surface area (TPSA) is 66.8 Å². The van der Waals surface area contributed by atoms with E-state index in [9.17, 15) is 0 Å². The van der Waals surface area contributed by atoms with Crippen molar-refractivity contribution in [3.63, 3.8) is 0 Å². The van der Waals surface area contributed by atoms with Gasteiger partial charge in [-0.05, 0) is 48.2 Å². The minimum atomic E-state index is 0.534. The maximum Gasteiger partial charge on any atom is 0.244 e. The molecule has 0 unspecified atom stereocenters. The predicted molar refractivity (Wildman–Crippen MR) is 105 cm³/mol. The molecule has 7 heteroatoms. The number of anilines is 2. The van der Waals surface area contributed by atoms with E-state index < -0.39 is 0 Å². The van der Waals surface area contributed by atoms with Crippen molar-refractivity contribution in [3.05, 3.63) is 71.1 Å². The molecule has 2 heterocycles. The molecule has 0 radical (unpaired) electrons. The summed E-state index contributed by atoms with van der Waals surface area (Å²) in [6.45, 7) is 1.57. The Labute approximate surface area is 158 Å². The van der Waals surface area contributed by atoms with Crippen LogP contribution in [0.5, 0.6) is 0 Å². The van der Waals surface area contributed by atoms with E-state index in [4.69, 9.17) is 11.6 Å². The number of pyridine rings is 1. The van der Waals surface area contributed by atoms with Crippen LogP contribution in [0, 0.1) is 0 Å². The summed E-state index contributed by atoms with van der Waals surface area (Å²) in [6, 6.07) is 11.9.